The van der Waals surface area contributed by atoms with Gasteiger partial charge in [-0.25, -0.2) is 0 Å². The van der Waals surface area contributed by atoms with Gasteiger partial charge >= 0.3 is 5.97 Å². The molecule has 0 aliphatic heterocycles. The van der Waals surface area contributed by atoms with Crippen molar-refractivity contribution in [2.45, 2.75) is 25.5 Å². The highest BCUT2D eigenvalue weighted by atomic mass is 16.5. The average molecular weight is 236 g/mol. The molecule has 92 valence electrons. The molecule has 1 atom stereocenters. The standard InChI is InChI=1S/C12H16N2O3/c13-10(12(14)16)6-7-11(15)17-8-9-4-2-1-3-5-9/h1-5,10H,6-8,13H2,(H2,14,16)/t10-/m1/s1. The summed E-state index contributed by atoms with van der Waals surface area (Å²) in [7, 11) is 0. The Hall–Kier alpha value is -1.88. The van der Waals surface area contributed by atoms with E-state index in [1.807, 2.05) is 30.3 Å². The predicted octanol–water partition coefficient (Wildman–Crippen LogP) is 0.323. The minimum atomic E-state index is -0.792. The molecule has 0 aliphatic carbocycles. The smallest absolute Gasteiger partial charge is 0.306 e. The summed E-state index contributed by atoms with van der Waals surface area (Å²) in [6.45, 7) is 0.228. The molecule has 1 aromatic rings. The first-order valence-electron chi connectivity index (χ1n) is 5.34. The fourth-order valence-corrected chi connectivity index (χ4v) is 1.23. The maximum Gasteiger partial charge on any atom is 0.306 e. The summed E-state index contributed by atoms with van der Waals surface area (Å²) < 4.78 is 5.01. The Morgan fingerprint density at radius 2 is 1.88 bits per heavy atom. The Balaban J connectivity index is 2.24. The molecule has 0 aliphatic rings. The number of amides is 1. The number of hydrogen-bond donors (Lipinski definition) is 2. The molecule has 0 bridgehead atoms. The number of nitrogens with two attached hydrogens (primary N) is 2. The zero-order chi connectivity index (χ0) is 12.7. The van der Waals surface area contributed by atoms with E-state index in [4.69, 9.17) is 16.2 Å². The monoisotopic (exact) mass is 236 g/mol. The second kappa shape index (κ2) is 6.65. The number of carbonyl (C=O) groups excluding carboxylic acids is 2. The predicted molar refractivity (Wildman–Crippen MR) is 62.6 cm³/mol. The highest BCUT2D eigenvalue weighted by Gasteiger charge is 2.12. The number of primary amides is 1. The Labute approximate surface area is 99.7 Å². The highest BCUT2D eigenvalue weighted by Crippen LogP contribution is 2.03. The van der Waals surface area contributed by atoms with E-state index in [1.165, 1.54) is 0 Å². The lowest BCUT2D eigenvalue weighted by atomic mass is 10.1. The molecule has 0 unspecified atom stereocenters. The van der Waals surface area contributed by atoms with Gasteiger partial charge in [0.05, 0.1) is 6.04 Å². The van der Waals surface area contributed by atoms with Gasteiger partial charge in [0.1, 0.15) is 6.61 Å². The van der Waals surface area contributed by atoms with Crippen LogP contribution in [0.5, 0.6) is 0 Å². The van der Waals surface area contributed by atoms with Crippen LogP contribution < -0.4 is 11.5 Å². The lowest BCUT2D eigenvalue weighted by Gasteiger charge is -2.07. The van der Waals surface area contributed by atoms with E-state index in [9.17, 15) is 9.59 Å². The first-order chi connectivity index (χ1) is 8.09. The molecule has 1 rings (SSSR count). The lowest BCUT2D eigenvalue weighted by molar-refractivity contribution is -0.145. The third kappa shape index (κ3) is 5.12. The molecule has 5 heteroatoms. The van der Waals surface area contributed by atoms with Crippen LogP contribution in [0.2, 0.25) is 0 Å². The van der Waals surface area contributed by atoms with Gasteiger partial charge in [-0.15, -0.1) is 0 Å². The van der Waals surface area contributed by atoms with Gasteiger partial charge in [-0.05, 0) is 12.0 Å². The summed E-state index contributed by atoms with van der Waals surface area (Å²) in [5, 5.41) is 0. The highest BCUT2D eigenvalue weighted by molar-refractivity contribution is 5.80. The number of benzene rings is 1. The van der Waals surface area contributed by atoms with Crippen molar-refractivity contribution in [3.63, 3.8) is 0 Å². The minimum absolute atomic E-state index is 0.0942. The van der Waals surface area contributed by atoms with Crippen LogP contribution in [0, 0.1) is 0 Å². The molecule has 0 heterocycles. The topological polar surface area (TPSA) is 95.4 Å². The Morgan fingerprint density at radius 3 is 2.47 bits per heavy atom. The second-order valence-corrected chi connectivity index (χ2v) is 3.69. The van der Waals surface area contributed by atoms with Crippen LogP contribution >= 0.6 is 0 Å². The van der Waals surface area contributed by atoms with Crippen LogP contribution in [0.25, 0.3) is 0 Å². The van der Waals surface area contributed by atoms with Crippen molar-refractivity contribution >= 4 is 11.9 Å². The summed E-state index contributed by atoms with van der Waals surface area (Å²) in [4.78, 5) is 21.9. The van der Waals surface area contributed by atoms with Crippen molar-refractivity contribution in [1.29, 1.82) is 0 Å². The average Bonchev–Trinajstić information content (AvgIpc) is 2.34. The van der Waals surface area contributed by atoms with E-state index < -0.39 is 11.9 Å². The maximum absolute atomic E-state index is 11.3. The summed E-state index contributed by atoms with van der Waals surface area (Å²) in [6.07, 6.45) is 0.305. The maximum atomic E-state index is 11.3. The number of rotatable bonds is 6. The van der Waals surface area contributed by atoms with Crippen molar-refractivity contribution in [1.82, 2.24) is 0 Å². The molecule has 0 saturated carbocycles. The molecule has 4 N–H and O–H groups in total. The van der Waals surface area contributed by atoms with Crippen LogP contribution in [-0.2, 0) is 20.9 Å². The number of carbonyl (C=O) groups is 2. The number of esters is 1. The Bertz CT molecular complexity index is 379. The molecule has 1 aromatic carbocycles. The summed E-state index contributed by atoms with van der Waals surface area (Å²) >= 11 is 0. The van der Waals surface area contributed by atoms with E-state index in [0.717, 1.165) is 5.56 Å². The van der Waals surface area contributed by atoms with Crippen molar-refractivity contribution in [2.75, 3.05) is 0 Å². The van der Waals surface area contributed by atoms with Gasteiger partial charge in [0, 0.05) is 6.42 Å². The first kappa shape index (κ1) is 13.2. The lowest BCUT2D eigenvalue weighted by Crippen LogP contribution is -2.36. The minimum Gasteiger partial charge on any atom is -0.461 e. The van der Waals surface area contributed by atoms with Gasteiger partial charge in [-0.3, -0.25) is 9.59 Å². The van der Waals surface area contributed by atoms with Crippen molar-refractivity contribution in [2.24, 2.45) is 11.5 Å². The second-order valence-electron chi connectivity index (χ2n) is 3.69. The largest absolute Gasteiger partial charge is 0.461 e. The van der Waals surface area contributed by atoms with Gasteiger partial charge in [-0.2, -0.15) is 0 Å². The third-order valence-corrected chi connectivity index (χ3v) is 2.27. The van der Waals surface area contributed by atoms with Gasteiger partial charge in [0.25, 0.3) is 0 Å². The van der Waals surface area contributed by atoms with Crippen LogP contribution in [0.15, 0.2) is 30.3 Å². The quantitative estimate of drug-likeness (QED) is 0.695. The van der Waals surface area contributed by atoms with Crippen LogP contribution in [0.4, 0.5) is 0 Å². The molecular formula is C12H16N2O3. The molecule has 0 aromatic heterocycles. The molecule has 0 spiro atoms. The third-order valence-electron chi connectivity index (χ3n) is 2.27. The normalized spacial score (nSPS) is 11.8. The van der Waals surface area contributed by atoms with E-state index in [0.29, 0.717) is 0 Å². The summed E-state index contributed by atoms with van der Waals surface area (Å²) in [6, 6.07) is 8.56. The molecule has 0 saturated heterocycles. The zero-order valence-electron chi connectivity index (χ0n) is 9.46. The SMILES string of the molecule is NC(=O)[C@H](N)CCC(=O)OCc1ccccc1. The summed E-state index contributed by atoms with van der Waals surface area (Å²) in [5.41, 5.74) is 11.3. The van der Waals surface area contributed by atoms with Gasteiger partial charge in [-0.1, -0.05) is 30.3 Å². The van der Waals surface area contributed by atoms with E-state index >= 15 is 0 Å². The van der Waals surface area contributed by atoms with Crippen LogP contribution in [0.3, 0.4) is 0 Å². The van der Waals surface area contributed by atoms with Gasteiger partial charge in [0.15, 0.2) is 0 Å². The van der Waals surface area contributed by atoms with E-state index in [1.54, 1.807) is 0 Å². The number of hydrogen-bond acceptors (Lipinski definition) is 4. The number of ether oxygens (including phenoxy) is 1. The molecule has 5 nitrogen and oxygen atoms in total. The molecule has 1 amide bonds. The summed E-state index contributed by atoms with van der Waals surface area (Å²) in [5.74, 6) is -0.994. The van der Waals surface area contributed by atoms with Gasteiger partial charge in [0.2, 0.25) is 5.91 Å². The van der Waals surface area contributed by atoms with Crippen molar-refractivity contribution < 1.29 is 14.3 Å². The first-order valence-corrected chi connectivity index (χ1v) is 5.34. The zero-order valence-corrected chi connectivity index (χ0v) is 9.46. The van der Waals surface area contributed by atoms with E-state index in [2.05, 4.69) is 0 Å². The fraction of sp³-hybridized carbons (Fsp3) is 0.333. The van der Waals surface area contributed by atoms with Crippen LogP contribution in [-0.4, -0.2) is 17.9 Å². The molecular weight excluding hydrogens is 220 g/mol. The van der Waals surface area contributed by atoms with E-state index in [-0.39, 0.29) is 25.4 Å². The van der Waals surface area contributed by atoms with Crippen molar-refractivity contribution in [3.8, 4) is 0 Å². The fourth-order valence-electron chi connectivity index (χ4n) is 1.23. The molecule has 0 fully saturated rings. The Kier molecular flexibility index (Phi) is 5.16. The van der Waals surface area contributed by atoms with Gasteiger partial charge < -0.3 is 16.2 Å². The van der Waals surface area contributed by atoms with Crippen molar-refractivity contribution in [3.05, 3.63) is 35.9 Å². The molecule has 0 radical (unpaired) electrons. The molecule has 17 heavy (non-hydrogen) atoms. The van der Waals surface area contributed by atoms with Crippen LogP contribution in [0.1, 0.15) is 18.4 Å². The Morgan fingerprint density at radius 1 is 1.24 bits per heavy atom.